The van der Waals surface area contributed by atoms with Gasteiger partial charge in [0, 0.05) is 49.7 Å². The molecule has 3 N–H and O–H groups in total. The van der Waals surface area contributed by atoms with Crippen LogP contribution in [-0.4, -0.2) is 60.8 Å². The summed E-state index contributed by atoms with van der Waals surface area (Å²) in [6, 6.07) is 9.59. The fourth-order valence-electron chi connectivity index (χ4n) is 3.57. The molecule has 0 spiro atoms. The zero-order valence-corrected chi connectivity index (χ0v) is 20.3. The van der Waals surface area contributed by atoms with E-state index in [2.05, 4.69) is 20.3 Å². The summed E-state index contributed by atoms with van der Waals surface area (Å²) in [7, 11) is -1.14. The van der Waals surface area contributed by atoms with Crippen molar-refractivity contribution in [3.8, 4) is 11.5 Å². The first-order valence-electron chi connectivity index (χ1n) is 10.9. The molecule has 1 unspecified atom stereocenters. The average Bonchev–Trinajstić information content (AvgIpc) is 2.83. The number of ether oxygens (including phenoxy) is 2. The van der Waals surface area contributed by atoms with Crippen molar-refractivity contribution in [2.45, 2.75) is 31.2 Å². The molecule has 9 nitrogen and oxygen atoms in total. The van der Waals surface area contributed by atoms with Crippen molar-refractivity contribution in [3.63, 3.8) is 0 Å². The maximum atomic E-state index is 13.2. The van der Waals surface area contributed by atoms with E-state index in [-0.39, 0.29) is 28.3 Å². The topological polar surface area (TPSA) is 109 Å². The van der Waals surface area contributed by atoms with Crippen molar-refractivity contribution in [2.75, 3.05) is 50.0 Å². The summed E-state index contributed by atoms with van der Waals surface area (Å²) in [6.07, 6.45) is 0.788. The number of carbonyl (C=O) groups excluding carboxylic acids is 1. The Kier molecular flexibility index (Phi) is 8.04. The van der Waals surface area contributed by atoms with Gasteiger partial charge in [-0.3, -0.25) is 9.52 Å². The van der Waals surface area contributed by atoms with Gasteiger partial charge in [-0.15, -0.1) is 0 Å². The molecule has 33 heavy (non-hydrogen) atoms. The summed E-state index contributed by atoms with van der Waals surface area (Å²) in [5.74, 6) is 0.340. The molecule has 1 atom stereocenters. The van der Waals surface area contributed by atoms with Crippen molar-refractivity contribution in [1.29, 1.82) is 0 Å². The average molecular weight is 477 g/mol. The standard InChI is InChI=1S/C23H32N4O5S/c1-5-16(2)25-23(28)19-14-17(6-8-20(19)27-12-10-24-11-13-27)26-33(29,30)22-15-18(31-3)7-9-21(22)32-4/h6-9,14-16,24,26H,5,10-13H2,1-4H3,(H,25,28). The van der Waals surface area contributed by atoms with Gasteiger partial charge in [-0.05, 0) is 43.7 Å². The third kappa shape index (κ3) is 5.88. The number of anilines is 2. The molecular formula is C23H32N4O5S. The van der Waals surface area contributed by atoms with Crippen LogP contribution in [0.2, 0.25) is 0 Å². The predicted octanol–water partition coefficient (Wildman–Crippen LogP) is 2.44. The van der Waals surface area contributed by atoms with Crippen LogP contribution in [0.4, 0.5) is 11.4 Å². The second kappa shape index (κ2) is 10.8. The molecule has 0 aromatic heterocycles. The SMILES string of the molecule is CCC(C)NC(=O)c1cc(NS(=O)(=O)c2cc(OC)ccc2OC)ccc1N1CCNCC1. The third-order valence-corrected chi connectivity index (χ3v) is 7.00. The Morgan fingerprint density at radius 3 is 2.48 bits per heavy atom. The molecule has 10 heteroatoms. The Balaban J connectivity index is 1.98. The Labute approximate surface area is 195 Å². The molecule has 1 amide bonds. The zero-order chi connectivity index (χ0) is 24.0. The normalized spacial score (nSPS) is 15.0. The van der Waals surface area contributed by atoms with E-state index in [4.69, 9.17) is 9.47 Å². The lowest BCUT2D eigenvalue weighted by Gasteiger charge is -2.31. The highest BCUT2D eigenvalue weighted by atomic mass is 32.2. The van der Waals surface area contributed by atoms with Crippen LogP contribution < -0.4 is 29.7 Å². The summed E-state index contributed by atoms with van der Waals surface area (Å²) >= 11 is 0. The Morgan fingerprint density at radius 1 is 1.12 bits per heavy atom. The molecule has 0 saturated carbocycles. The first-order chi connectivity index (χ1) is 15.8. The summed E-state index contributed by atoms with van der Waals surface area (Å²) in [5.41, 5.74) is 1.49. The van der Waals surface area contributed by atoms with E-state index in [0.717, 1.165) is 38.3 Å². The lowest BCUT2D eigenvalue weighted by atomic mass is 10.1. The van der Waals surface area contributed by atoms with Crippen molar-refractivity contribution >= 4 is 27.3 Å². The van der Waals surface area contributed by atoms with Crippen LogP contribution >= 0.6 is 0 Å². The van der Waals surface area contributed by atoms with Gasteiger partial charge in [0.15, 0.2) is 0 Å². The van der Waals surface area contributed by atoms with Crippen LogP contribution in [0.25, 0.3) is 0 Å². The number of hydrogen-bond donors (Lipinski definition) is 3. The minimum Gasteiger partial charge on any atom is -0.497 e. The van der Waals surface area contributed by atoms with Crippen molar-refractivity contribution in [2.24, 2.45) is 0 Å². The quantitative estimate of drug-likeness (QED) is 0.510. The highest BCUT2D eigenvalue weighted by Crippen LogP contribution is 2.31. The molecule has 2 aromatic rings. The molecule has 1 heterocycles. The molecule has 1 aliphatic rings. The monoisotopic (exact) mass is 476 g/mol. The van der Waals surface area contributed by atoms with E-state index in [1.165, 1.54) is 26.4 Å². The first kappa shape index (κ1) is 24.7. The number of piperazine rings is 1. The maximum absolute atomic E-state index is 13.2. The summed E-state index contributed by atoms with van der Waals surface area (Å²) in [4.78, 5) is 15.2. The third-order valence-electron chi connectivity index (χ3n) is 5.60. The molecule has 0 aliphatic carbocycles. The van der Waals surface area contributed by atoms with Crippen LogP contribution in [0.3, 0.4) is 0 Å². The van der Waals surface area contributed by atoms with E-state index in [0.29, 0.717) is 11.3 Å². The molecule has 3 rings (SSSR count). The lowest BCUT2D eigenvalue weighted by molar-refractivity contribution is 0.0939. The number of amides is 1. The number of nitrogens with one attached hydrogen (secondary N) is 3. The van der Waals surface area contributed by atoms with Crippen LogP contribution in [-0.2, 0) is 10.0 Å². The highest BCUT2D eigenvalue weighted by Gasteiger charge is 2.24. The largest absolute Gasteiger partial charge is 0.497 e. The van der Waals surface area contributed by atoms with Gasteiger partial charge < -0.3 is 25.0 Å². The Hall–Kier alpha value is -2.98. The zero-order valence-electron chi connectivity index (χ0n) is 19.5. The van der Waals surface area contributed by atoms with Gasteiger partial charge in [0.25, 0.3) is 15.9 Å². The van der Waals surface area contributed by atoms with Gasteiger partial charge >= 0.3 is 0 Å². The highest BCUT2D eigenvalue weighted by molar-refractivity contribution is 7.92. The van der Waals surface area contributed by atoms with Crippen molar-refractivity contribution in [3.05, 3.63) is 42.0 Å². The van der Waals surface area contributed by atoms with Crippen LogP contribution in [0, 0.1) is 0 Å². The van der Waals surface area contributed by atoms with Crippen LogP contribution in [0.15, 0.2) is 41.3 Å². The first-order valence-corrected chi connectivity index (χ1v) is 12.4. The second-order valence-electron chi connectivity index (χ2n) is 7.87. The summed E-state index contributed by atoms with van der Waals surface area (Å²) in [5, 5.41) is 6.28. The van der Waals surface area contributed by atoms with Gasteiger partial charge in [0.05, 0.1) is 19.8 Å². The number of hydrogen-bond acceptors (Lipinski definition) is 7. The van der Waals surface area contributed by atoms with Crippen LogP contribution in [0.5, 0.6) is 11.5 Å². The van der Waals surface area contributed by atoms with Crippen LogP contribution in [0.1, 0.15) is 30.6 Å². The van der Waals surface area contributed by atoms with E-state index in [1.807, 2.05) is 13.8 Å². The van der Waals surface area contributed by atoms with Crippen molar-refractivity contribution in [1.82, 2.24) is 10.6 Å². The number of rotatable bonds is 9. The van der Waals surface area contributed by atoms with E-state index < -0.39 is 10.0 Å². The van der Waals surface area contributed by atoms with Crippen molar-refractivity contribution < 1.29 is 22.7 Å². The minimum absolute atomic E-state index is 0.00485. The molecule has 1 fully saturated rings. The number of nitrogens with zero attached hydrogens (tertiary/aromatic N) is 1. The van der Waals surface area contributed by atoms with Gasteiger partial charge in [0.1, 0.15) is 16.4 Å². The smallest absolute Gasteiger partial charge is 0.265 e. The fourth-order valence-corrected chi connectivity index (χ4v) is 4.81. The minimum atomic E-state index is -4.01. The van der Waals surface area contributed by atoms with E-state index in [1.54, 1.807) is 24.3 Å². The Bertz CT molecular complexity index is 1080. The molecular weight excluding hydrogens is 444 g/mol. The fraction of sp³-hybridized carbons (Fsp3) is 0.435. The Morgan fingerprint density at radius 2 is 1.85 bits per heavy atom. The molecule has 180 valence electrons. The van der Waals surface area contributed by atoms with Gasteiger partial charge in [0.2, 0.25) is 0 Å². The molecule has 1 aliphatic heterocycles. The second-order valence-corrected chi connectivity index (χ2v) is 9.52. The summed E-state index contributed by atoms with van der Waals surface area (Å²) in [6.45, 7) is 7.08. The predicted molar refractivity (Wildman–Crippen MR) is 129 cm³/mol. The molecule has 1 saturated heterocycles. The number of methoxy groups -OCH3 is 2. The number of carbonyl (C=O) groups is 1. The maximum Gasteiger partial charge on any atom is 0.265 e. The number of sulfonamides is 1. The van der Waals surface area contributed by atoms with E-state index in [9.17, 15) is 13.2 Å². The van der Waals surface area contributed by atoms with E-state index >= 15 is 0 Å². The van der Waals surface area contributed by atoms with Gasteiger partial charge in [-0.25, -0.2) is 8.42 Å². The molecule has 0 radical (unpaired) electrons. The lowest BCUT2D eigenvalue weighted by Crippen LogP contribution is -2.44. The summed E-state index contributed by atoms with van der Waals surface area (Å²) < 4.78 is 39.3. The van der Waals surface area contributed by atoms with Gasteiger partial charge in [-0.2, -0.15) is 0 Å². The molecule has 2 aromatic carbocycles. The number of benzene rings is 2. The molecule has 0 bridgehead atoms. The van der Waals surface area contributed by atoms with Gasteiger partial charge in [-0.1, -0.05) is 6.92 Å².